The van der Waals surface area contributed by atoms with Crippen molar-refractivity contribution in [1.29, 1.82) is 0 Å². The molecule has 0 fully saturated rings. The zero-order chi connectivity index (χ0) is 19.1. The highest BCUT2D eigenvalue weighted by atomic mass is 32.1. The maximum Gasteiger partial charge on any atom is 0.256 e. The van der Waals surface area contributed by atoms with Gasteiger partial charge in [-0.15, -0.1) is 11.3 Å². The van der Waals surface area contributed by atoms with Gasteiger partial charge >= 0.3 is 0 Å². The third kappa shape index (κ3) is 3.08. The van der Waals surface area contributed by atoms with Crippen molar-refractivity contribution >= 4 is 22.2 Å². The van der Waals surface area contributed by atoms with Crippen LogP contribution < -0.4 is 15.5 Å². The van der Waals surface area contributed by atoms with Crippen molar-refractivity contribution in [3.63, 3.8) is 0 Å². The molecule has 1 aromatic heterocycles. The normalized spacial score (nSPS) is 20.7. The highest BCUT2D eigenvalue weighted by Crippen LogP contribution is 2.39. The number of benzene rings is 2. The summed E-state index contributed by atoms with van der Waals surface area (Å²) in [6, 6.07) is 17.1. The molecule has 2 aromatic carbocycles. The Bertz CT molecular complexity index is 1030. The number of rotatable bonds is 3. The Labute approximate surface area is 167 Å². The van der Waals surface area contributed by atoms with Crippen LogP contribution in [0.15, 0.2) is 54.6 Å². The number of fused-ring (bicyclic) bond motifs is 3. The van der Waals surface area contributed by atoms with E-state index >= 15 is 0 Å². The summed E-state index contributed by atoms with van der Waals surface area (Å²) < 4.78 is 14.2. The van der Waals surface area contributed by atoms with E-state index in [0.29, 0.717) is 5.56 Å². The van der Waals surface area contributed by atoms with Gasteiger partial charge in [0.25, 0.3) is 5.91 Å². The predicted molar refractivity (Wildman–Crippen MR) is 108 cm³/mol. The van der Waals surface area contributed by atoms with Gasteiger partial charge in [0.2, 0.25) is 0 Å². The summed E-state index contributed by atoms with van der Waals surface area (Å²) in [6.45, 7) is 2.91. The standard InChI is InChI=1S/C22H20FN3OS/c23-17-9-5-4-8-15(17)20-24-21(27)19-16-10-11-26(12-14-6-2-1-3-7-14)13-18(16)28-22(19)25-20/h1-9,20,25H,10-13H2,(H,24,27)/p+1/t20-/m0/s1. The molecule has 0 aliphatic carbocycles. The Morgan fingerprint density at radius 3 is 2.68 bits per heavy atom. The van der Waals surface area contributed by atoms with E-state index in [0.717, 1.165) is 42.2 Å². The molecule has 2 aliphatic rings. The minimum atomic E-state index is -0.533. The molecule has 28 heavy (non-hydrogen) atoms. The van der Waals surface area contributed by atoms with Crippen molar-refractivity contribution < 1.29 is 14.1 Å². The molecule has 1 amide bonds. The fourth-order valence-corrected chi connectivity index (χ4v) is 5.49. The monoisotopic (exact) mass is 394 g/mol. The lowest BCUT2D eigenvalue weighted by atomic mass is 10.00. The first-order valence-electron chi connectivity index (χ1n) is 9.53. The van der Waals surface area contributed by atoms with Crippen molar-refractivity contribution in [3.8, 4) is 0 Å². The predicted octanol–water partition coefficient (Wildman–Crippen LogP) is 2.88. The van der Waals surface area contributed by atoms with Crippen molar-refractivity contribution in [2.24, 2.45) is 0 Å². The van der Waals surface area contributed by atoms with Crippen molar-refractivity contribution in [1.82, 2.24) is 5.32 Å². The Morgan fingerprint density at radius 2 is 1.86 bits per heavy atom. The number of thiophene rings is 1. The fraction of sp³-hybridized carbons (Fsp3) is 0.227. The molecule has 6 heteroatoms. The number of nitrogens with one attached hydrogen (secondary N) is 3. The molecule has 0 saturated carbocycles. The van der Waals surface area contributed by atoms with Crippen molar-refractivity contribution in [3.05, 3.63) is 87.5 Å². The van der Waals surface area contributed by atoms with E-state index in [9.17, 15) is 9.18 Å². The van der Waals surface area contributed by atoms with Gasteiger partial charge in [0.1, 0.15) is 30.1 Å². The van der Waals surface area contributed by atoms with Crippen LogP contribution in [0.2, 0.25) is 0 Å². The average molecular weight is 394 g/mol. The second-order valence-electron chi connectivity index (χ2n) is 7.37. The lowest BCUT2D eigenvalue weighted by Gasteiger charge is -2.27. The topological polar surface area (TPSA) is 45.6 Å². The summed E-state index contributed by atoms with van der Waals surface area (Å²) in [6.07, 6.45) is 0.358. The van der Waals surface area contributed by atoms with Gasteiger partial charge in [0, 0.05) is 17.5 Å². The summed E-state index contributed by atoms with van der Waals surface area (Å²) >= 11 is 1.64. The molecule has 0 spiro atoms. The number of anilines is 1. The van der Waals surface area contributed by atoms with E-state index in [4.69, 9.17) is 0 Å². The molecule has 2 aliphatic heterocycles. The maximum absolute atomic E-state index is 14.2. The molecule has 5 rings (SSSR count). The minimum Gasteiger partial charge on any atom is -0.353 e. The Kier molecular flexibility index (Phi) is 4.37. The molecule has 3 heterocycles. The van der Waals surface area contributed by atoms with Crippen LogP contribution in [0.3, 0.4) is 0 Å². The minimum absolute atomic E-state index is 0.106. The summed E-state index contributed by atoms with van der Waals surface area (Å²) in [5.41, 5.74) is 3.71. The molecule has 4 nitrogen and oxygen atoms in total. The van der Waals surface area contributed by atoms with Gasteiger partial charge in [0.15, 0.2) is 0 Å². The van der Waals surface area contributed by atoms with Crippen LogP contribution >= 0.6 is 11.3 Å². The summed E-state index contributed by atoms with van der Waals surface area (Å²) in [7, 11) is 0. The third-order valence-corrected chi connectivity index (χ3v) is 6.68. The van der Waals surface area contributed by atoms with E-state index in [1.807, 2.05) is 6.07 Å². The van der Waals surface area contributed by atoms with Gasteiger partial charge < -0.3 is 15.5 Å². The second kappa shape index (κ2) is 7.04. The third-order valence-electron chi connectivity index (χ3n) is 5.52. The smallest absolute Gasteiger partial charge is 0.256 e. The van der Waals surface area contributed by atoms with Crippen LogP contribution in [-0.4, -0.2) is 12.5 Å². The Balaban J connectivity index is 1.40. The molecule has 142 valence electrons. The number of carbonyl (C=O) groups is 1. The first-order valence-corrected chi connectivity index (χ1v) is 10.3. The lowest BCUT2D eigenvalue weighted by molar-refractivity contribution is -0.929. The number of hydrogen-bond acceptors (Lipinski definition) is 3. The summed E-state index contributed by atoms with van der Waals surface area (Å²) in [5, 5.41) is 7.13. The van der Waals surface area contributed by atoms with Gasteiger partial charge in [-0.25, -0.2) is 4.39 Å². The van der Waals surface area contributed by atoms with Crippen LogP contribution in [0.25, 0.3) is 0 Å². The molecule has 0 bridgehead atoms. The second-order valence-corrected chi connectivity index (χ2v) is 8.47. The Hall–Kier alpha value is -2.70. The largest absolute Gasteiger partial charge is 0.353 e. The van der Waals surface area contributed by atoms with Gasteiger partial charge in [-0.3, -0.25) is 4.79 Å². The highest BCUT2D eigenvalue weighted by Gasteiger charge is 2.35. The van der Waals surface area contributed by atoms with Gasteiger partial charge in [-0.2, -0.15) is 0 Å². The molecule has 1 unspecified atom stereocenters. The van der Waals surface area contributed by atoms with E-state index < -0.39 is 6.17 Å². The summed E-state index contributed by atoms with van der Waals surface area (Å²) in [5.74, 6) is -0.422. The van der Waals surface area contributed by atoms with Crippen molar-refractivity contribution in [2.75, 3.05) is 11.9 Å². The molecule has 0 radical (unpaired) electrons. The van der Waals surface area contributed by atoms with Crippen LogP contribution in [0.5, 0.6) is 0 Å². The SMILES string of the molecule is O=C1N[C@H](c2ccccc2F)Nc2sc3c(c21)CC[NH+](Cc1ccccc1)C3. The van der Waals surface area contributed by atoms with E-state index in [2.05, 4.69) is 34.9 Å². The zero-order valence-corrected chi connectivity index (χ0v) is 16.1. The first-order chi connectivity index (χ1) is 13.7. The van der Waals surface area contributed by atoms with Crippen LogP contribution in [-0.2, 0) is 19.5 Å². The van der Waals surface area contributed by atoms with Gasteiger partial charge in [-0.1, -0.05) is 48.5 Å². The zero-order valence-electron chi connectivity index (χ0n) is 15.3. The number of halogens is 1. The quantitative estimate of drug-likeness (QED) is 0.640. The van der Waals surface area contributed by atoms with Crippen LogP contribution in [0.4, 0.5) is 9.39 Å². The molecule has 3 aromatic rings. The Morgan fingerprint density at radius 1 is 1.07 bits per heavy atom. The van der Waals surface area contributed by atoms with Crippen LogP contribution in [0, 0.1) is 5.82 Å². The average Bonchev–Trinajstić information content (AvgIpc) is 3.07. The molecule has 0 saturated heterocycles. The number of carbonyl (C=O) groups excluding carboxylic acids is 1. The molecule has 2 atom stereocenters. The molecular weight excluding hydrogens is 373 g/mol. The molecular formula is C22H21FN3OS+. The van der Waals surface area contributed by atoms with Gasteiger partial charge in [0.05, 0.1) is 17.0 Å². The fourth-order valence-electron chi connectivity index (χ4n) is 4.15. The number of amides is 1. The highest BCUT2D eigenvalue weighted by molar-refractivity contribution is 7.16. The first kappa shape index (κ1) is 17.4. The maximum atomic E-state index is 14.2. The lowest BCUT2D eigenvalue weighted by Crippen LogP contribution is -3.10. The number of hydrogen-bond donors (Lipinski definition) is 3. The van der Waals surface area contributed by atoms with Gasteiger partial charge in [-0.05, 0) is 11.6 Å². The van der Waals surface area contributed by atoms with Crippen LogP contribution in [0.1, 0.15) is 38.1 Å². The van der Waals surface area contributed by atoms with E-state index in [1.54, 1.807) is 29.5 Å². The van der Waals surface area contributed by atoms with Crippen molar-refractivity contribution in [2.45, 2.75) is 25.7 Å². The van der Waals surface area contributed by atoms with E-state index in [1.165, 1.54) is 21.4 Å². The molecule has 3 N–H and O–H groups in total. The number of quaternary nitrogens is 1. The van der Waals surface area contributed by atoms with E-state index in [-0.39, 0.29) is 11.7 Å². The summed E-state index contributed by atoms with van der Waals surface area (Å²) in [4.78, 5) is 15.6.